The van der Waals surface area contributed by atoms with Crippen LogP contribution in [0.25, 0.3) is 0 Å². The summed E-state index contributed by atoms with van der Waals surface area (Å²) in [5.74, 6) is -2.23. The molecule has 7 heteroatoms. The Balaban J connectivity index is 1.86. The van der Waals surface area contributed by atoms with Crippen molar-refractivity contribution in [3.63, 3.8) is 0 Å². The van der Waals surface area contributed by atoms with Crippen LogP contribution in [-0.4, -0.2) is 30.1 Å². The SMILES string of the molecule is O=C(NC1CCCCCCC1)[C@H]1CC[C@H](C(F)(F)F)NC1=O. The molecule has 4 nitrogen and oxygen atoms in total. The van der Waals surface area contributed by atoms with Crippen molar-refractivity contribution in [2.75, 3.05) is 0 Å². The van der Waals surface area contributed by atoms with E-state index in [-0.39, 0.29) is 18.9 Å². The average Bonchev–Trinajstić information content (AvgIpc) is 2.40. The fourth-order valence-corrected chi connectivity index (χ4v) is 3.21. The fraction of sp³-hybridized carbons (Fsp3) is 0.867. The molecule has 2 rings (SSSR count). The Bertz CT molecular complexity index is 404. The van der Waals surface area contributed by atoms with E-state index in [2.05, 4.69) is 5.32 Å². The summed E-state index contributed by atoms with van der Waals surface area (Å²) in [5, 5.41) is 4.78. The second-order valence-corrected chi connectivity index (χ2v) is 6.28. The number of nitrogens with one attached hydrogen (secondary N) is 2. The normalized spacial score (nSPS) is 28.4. The molecular weight excluding hydrogens is 297 g/mol. The average molecular weight is 320 g/mol. The van der Waals surface area contributed by atoms with Crippen LogP contribution in [-0.2, 0) is 9.59 Å². The number of alkyl halides is 3. The highest BCUT2D eigenvalue weighted by atomic mass is 19.4. The van der Waals surface area contributed by atoms with Crippen LogP contribution in [0.1, 0.15) is 57.8 Å². The molecule has 22 heavy (non-hydrogen) atoms. The standard InChI is InChI=1S/C15H23F3N2O2/c16-15(17,18)12-9-8-11(14(22)20-12)13(21)19-10-6-4-2-1-3-5-7-10/h10-12H,1-9H2,(H,19,21)(H,20,22)/t11-,12-/m1/s1. The Morgan fingerprint density at radius 1 is 1.00 bits per heavy atom. The summed E-state index contributed by atoms with van der Waals surface area (Å²) in [4.78, 5) is 24.0. The third-order valence-electron chi connectivity index (χ3n) is 4.54. The summed E-state index contributed by atoms with van der Waals surface area (Å²) in [6, 6.07) is -1.79. The highest BCUT2D eigenvalue weighted by Crippen LogP contribution is 2.28. The van der Waals surface area contributed by atoms with Crippen LogP contribution in [0, 0.1) is 5.92 Å². The van der Waals surface area contributed by atoms with Gasteiger partial charge >= 0.3 is 6.18 Å². The van der Waals surface area contributed by atoms with Gasteiger partial charge in [0.15, 0.2) is 0 Å². The molecule has 0 aromatic carbocycles. The number of rotatable bonds is 2. The van der Waals surface area contributed by atoms with Gasteiger partial charge in [-0.2, -0.15) is 13.2 Å². The lowest BCUT2D eigenvalue weighted by Crippen LogP contribution is -2.55. The minimum Gasteiger partial charge on any atom is -0.353 e. The Morgan fingerprint density at radius 2 is 1.59 bits per heavy atom. The quantitative estimate of drug-likeness (QED) is 0.769. The molecule has 0 radical (unpaired) electrons. The van der Waals surface area contributed by atoms with Crippen LogP contribution in [0.3, 0.4) is 0 Å². The Kier molecular flexibility index (Phi) is 5.69. The molecule has 2 aliphatic rings. The predicted molar refractivity (Wildman–Crippen MR) is 75.0 cm³/mol. The molecule has 1 saturated heterocycles. The van der Waals surface area contributed by atoms with Crippen LogP contribution in [0.15, 0.2) is 0 Å². The maximum Gasteiger partial charge on any atom is 0.408 e. The molecule has 2 fully saturated rings. The topological polar surface area (TPSA) is 58.2 Å². The zero-order valence-corrected chi connectivity index (χ0v) is 12.5. The van der Waals surface area contributed by atoms with E-state index in [1.54, 1.807) is 0 Å². The van der Waals surface area contributed by atoms with Gasteiger partial charge in [-0.25, -0.2) is 0 Å². The smallest absolute Gasteiger partial charge is 0.353 e. The third kappa shape index (κ3) is 4.61. The van der Waals surface area contributed by atoms with Crippen molar-refractivity contribution in [1.29, 1.82) is 0 Å². The monoisotopic (exact) mass is 320 g/mol. The molecule has 0 aromatic heterocycles. The van der Waals surface area contributed by atoms with Crippen molar-refractivity contribution < 1.29 is 22.8 Å². The molecule has 2 amide bonds. The van der Waals surface area contributed by atoms with Crippen LogP contribution >= 0.6 is 0 Å². The zero-order valence-electron chi connectivity index (χ0n) is 12.5. The van der Waals surface area contributed by atoms with E-state index in [1.165, 1.54) is 6.42 Å². The van der Waals surface area contributed by atoms with E-state index in [1.807, 2.05) is 5.32 Å². The van der Waals surface area contributed by atoms with Crippen molar-refractivity contribution in [1.82, 2.24) is 10.6 Å². The summed E-state index contributed by atoms with van der Waals surface area (Å²) >= 11 is 0. The molecule has 1 heterocycles. The molecule has 0 spiro atoms. The molecule has 0 unspecified atom stereocenters. The number of amides is 2. The Labute approximate surface area is 128 Å². The van der Waals surface area contributed by atoms with E-state index in [0.717, 1.165) is 38.5 Å². The van der Waals surface area contributed by atoms with Gasteiger partial charge in [0, 0.05) is 6.04 Å². The Hall–Kier alpha value is -1.27. The summed E-state index contributed by atoms with van der Waals surface area (Å²) in [5.41, 5.74) is 0. The van der Waals surface area contributed by atoms with Gasteiger partial charge < -0.3 is 10.6 Å². The lowest BCUT2D eigenvalue weighted by atomic mass is 9.91. The largest absolute Gasteiger partial charge is 0.408 e. The first-order valence-corrected chi connectivity index (χ1v) is 8.05. The second kappa shape index (κ2) is 7.33. The second-order valence-electron chi connectivity index (χ2n) is 6.28. The van der Waals surface area contributed by atoms with Crippen molar-refractivity contribution in [3.8, 4) is 0 Å². The lowest BCUT2D eigenvalue weighted by molar-refractivity contribution is -0.171. The molecule has 1 aliphatic heterocycles. The molecule has 0 bridgehead atoms. The van der Waals surface area contributed by atoms with E-state index in [0.29, 0.717) is 0 Å². The summed E-state index contributed by atoms with van der Waals surface area (Å²) in [6.45, 7) is 0. The van der Waals surface area contributed by atoms with Crippen LogP contribution in [0.4, 0.5) is 13.2 Å². The first kappa shape index (κ1) is 17.1. The van der Waals surface area contributed by atoms with Gasteiger partial charge in [0.2, 0.25) is 11.8 Å². The maximum atomic E-state index is 12.6. The lowest BCUT2D eigenvalue weighted by Gasteiger charge is -2.31. The third-order valence-corrected chi connectivity index (χ3v) is 4.54. The zero-order chi connectivity index (χ0) is 16.2. The van der Waals surface area contributed by atoms with Crippen molar-refractivity contribution in [2.45, 2.75) is 76.0 Å². The molecule has 126 valence electrons. The van der Waals surface area contributed by atoms with Gasteiger partial charge in [-0.05, 0) is 25.7 Å². The van der Waals surface area contributed by atoms with Gasteiger partial charge in [-0.15, -0.1) is 0 Å². The van der Waals surface area contributed by atoms with Crippen molar-refractivity contribution >= 4 is 11.8 Å². The van der Waals surface area contributed by atoms with Gasteiger partial charge in [0.05, 0.1) is 0 Å². The molecule has 2 N–H and O–H groups in total. The number of carbonyl (C=O) groups is 2. The Morgan fingerprint density at radius 3 is 2.14 bits per heavy atom. The van der Waals surface area contributed by atoms with E-state index >= 15 is 0 Å². The fourth-order valence-electron chi connectivity index (χ4n) is 3.21. The number of halogens is 3. The van der Waals surface area contributed by atoms with E-state index in [9.17, 15) is 22.8 Å². The molecule has 2 atom stereocenters. The van der Waals surface area contributed by atoms with Crippen LogP contribution < -0.4 is 10.6 Å². The maximum absolute atomic E-state index is 12.6. The minimum atomic E-state index is -4.45. The van der Waals surface area contributed by atoms with Gasteiger partial charge in [0.1, 0.15) is 12.0 Å². The predicted octanol–water partition coefficient (Wildman–Crippen LogP) is 2.67. The first-order valence-electron chi connectivity index (χ1n) is 8.05. The molecule has 1 saturated carbocycles. The number of piperidine rings is 1. The summed E-state index contributed by atoms with van der Waals surface area (Å²) < 4.78 is 37.8. The van der Waals surface area contributed by atoms with Gasteiger partial charge in [-0.1, -0.05) is 32.1 Å². The molecule has 1 aliphatic carbocycles. The van der Waals surface area contributed by atoms with Gasteiger partial charge in [0.25, 0.3) is 0 Å². The van der Waals surface area contributed by atoms with E-state index < -0.39 is 30.0 Å². The minimum absolute atomic E-state index is 0.0425. The van der Waals surface area contributed by atoms with Gasteiger partial charge in [-0.3, -0.25) is 9.59 Å². The number of carbonyl (C=O) groups excluding carboxylic acids is 2. The van der Waals surface area contributed by atoms with Crippen molar-refractivity contribution in [3.05, 3.63) is 0 Å². The highest BCUT2D eigenvalue weighted by molar-refractivity contribution is 6.01. The van der Waals surface area contributed by atoms with Crippen molar-refractivity contribution in [2.24, 2.45) is 5.92 Å². The number of hydrogen-bond donors (Lipinski definition) is 2. The molecule has 0 aromatic rings. The summed E-state index contributed by atoms with van der Waals surface area (Å²) in [6.07, 6.45) is 2.60. The van der Waals surface area contributed by atoms with Crippen LogP contribution in [0.2, 0.25) is 0 Å². The molecular formula is C15H23F3N2O2. The van der Waals surface area contributed by atoms with E-state index in [4.69, 9.17) is 0 Å². The summed E-state index contributed by atoms with van der Waals surface area (Å²) in [7, 11) is 0. The highest BCUT2D eigenvalue weighted by Gasteiger charge is 2.46. The number of hydrogen-bond acceptors (Lipinski definition) is 2. The first-order chi connectivity index (χ1) is 10.4. The van der Waals surface area contributed by atoms with Crippen LogP contribution in [0.5, 0.6) is 0 Å².